The number of nitrogens with zero attached hydrogens (tertiary/aromatic N) is 2. The molecule has 0 saturated carbocycles. The summed E-state index contributed by atoms with van der Waals surface area (Å²) in [5.74, 6) is 0. The molecular weight excluding hydrogens is 713 g/mol. The molecule has 1 aliphatic carbocycles. The molecule has 10 aromatic rings. The van der Waals surface area contributed by atoms with Gasteiger partial charge in [0, 0.05) is 38.8 Å². The van der Waals surface area contributed by atoms with Gasteiger partial charge in [0.15, 0.2) is 0 Å². The van der Waals surface area contributed by atoms with Gasteiger partial charge in [0.05, 0.1) is 16.7 Å². The Morgan fingerprint density at radius 1 is 0.356 bits per heavy atom. The minimum atomic E-state index is -0.126. The van der Waals surface area contributed by atoms with Crippen molar-refractivity contribution in [1.82, 2.24) is 4.57 Å². The SMILES string of the molecule is CC1(C)c2ccccc2-c2ccc(N(c3ccc(-c4ccc5c(c4)c4ccccc4n5-c4ccccc4)cc3)c3ccc(-c4ccccc4)cc3-c3ccccc3)cc21. The molecule has 9 aromatic carbocycles. The molecule has 0 aliphatic heterocycles. The van der Waals surface area contributed by atoms with Crippen LogP contribution >= 0.6 is 0 Å². The number of benzene rings is 9. The normalized spacial score (nSPS) is 12.7. The average Bonchev–Trinajstić information content (AvgIpc) is 3.75. The summed E-state index contributed by atoms with van der Waals surface area (Å²) in [4.78, 5) is 2.46. The zero-order valence-corrected chi connectivity index (χ0v) is 33.2. The molecule has 0 unspecified atom stereocenters. The summed E-state index contributed by atoms with van der Waals surface area (Å²) in [5.41, 5.74) is 19.3. The van der Waals surface area contributed by atoms with Crippen molar-refractivity contribution in [2.24, 2.45) is 0 Å². The molecule has 0 spiro atoms. The second-order valence-corrected chi connectivity index (χ2v) is 16.2. The van der Waals surface area contributed by atoms with Crippen molar-refractivity contribution >= 4 is 38.9 Å². The first-order valence-electron chi connectivity index (χ1n) is 20.5. The topological polar surface area (TPSA) is 8.17 Å². The van der Waals surface area contributed by atoms with Crippen LogP contribution in [0.5, 0.6) is 0 Å². The van der Waals surface area contributed by atoms with Crippen LogP contribution in [0.3, 0.4) is 0 Å². The Hall–Kier alpha value is -7.42. The molecule has 0 fully saturated rings. The van der Waals surface area contributed by atoms with Crippen molar-refractivity contribution in [3.05, 3.63) is 230 Å². The average molecular weight is 755 g/mol. The van der Waals surface area contributed by atoms with E-state index < -0.39 is 0 Å². The fraction of sp³-hybridized carbons (Fsp3) is 0.0526. The van der Waals surface area contributed by atoms with E-state index in [0.717, 1.165) is 17.1 Å². The van der Waals surface area contributed by atoms with E-state index >= 15 is 0 Å². The maximum absolute atomic E-state index is 2.46. The first-order valence-corrected chi connectivity index (χ1v) is 20.5. The maximum atomic E-state index is 2.46. The second kappa shape index (κ2) is 13.9. The lowest BCUT2D eigenvalue weighted by molar-refractivity contribution is 0.660. The number of hydrogen-bond acceptors (Lipinski definition) is 1. The number of fused-ring (bicyclic) bond motifs is 6. The van der Waals surface area contributed by atoms with Crippen LogP contribution < -0.4 is 4.90 Å². The van der Waals surface area contributed by atoms with Gasteiger partial charge in [-0.05, 0) is 117 Å². The van der Waals surface area contributed by atoms with Crippen LogP contribution in [0.2, 0.25) is 0 Å². The van der Waals surface area contributed by atoms with E-state index in [1.165, 1.54) is 83.1 Å². The molecule has 0 atom stereocenters. The summed E-state index contributed by atoms with van der Waals surface area (Å²) in [6.07, 6.45) is 0. The maximum Gasteiger partial charge on any atom is 0.0541 e. The third kappa shape index (κ3) is 5.79. The van der Waals surface area contributed by atoms with Gasteiger partial charge >= 0.3 is 0 Å². The first-order chi connectivity index (χ1) is 29.0. The molecule has 59 heavy (non-hydrogen) atoms. The summed E-state index contributed by atoms with van der Waals surface area (Å²) < 4.78 is 2.37. The van der Waals surface area contributed by atoms with Gasteiger partial charge in [-0.25, -0.2) is 0 Å². The molecule has 2 nitrogen and oxygen atoms in total. The highest BCUT2D eigenvalue weighted by Gasteiger charge is 2.36. The highest BCUT2D eigenvalue weighted by Crippen LogP contribution is 2.51. The molecule has 1 aliphatic rings. The molecule has 0 N–H and O–H groups in total. The molecule has 1 aromatic heterocycles. The summed E-state index contributed by atoms with van der Waals surface area (Å²) in [7, 11) is 0. The molecule has 0 bridgehead atoms. The molecule has 11 rings (SSSR count). The quantitative estimate of drug-likeness (QED) is 0.157. The van der Waals surface area contributed by atoms with E-state index in [-0.39, 0.29) is 5.41 Å². The monoisotopic (exact) mass is 754 g/mol. The lowest BCUT2D eigenvalue weighted by Gasteiger charge is -2.30. The van der Waals surface area contributed by atoms with E-state index in [4.69, 9.17) is 0 Å². The standard InChI is InChI=1S/C57H42N2/c1-57(2)52-24-14-12-22-47(52)48-33-32-46(38-53(48)57)58(55-34-28-42(39-16-6-3-7-17-39)36-50(55)41-18-8-4-9-19-41)45-30-26-40(27-31-45)43-29-35-56-51(37-43)49-23-13-15-25-54(49)59(56)44-20-10-5-11-21-44/h3-38H,1-2H3. The molecular formula is C57H42N2. The Morgan fingerprint density at radius 3 is 1.69 bits per heavy atom. The Balaban J connectivity index is 1.07. The van der Waals surface area contributed by atoms with Crippen molar-refractivity contribution in [2.75, 3.05) is 4.90 Å². The van der Waals surface area contributed by atoms with Crippen LogP contribution in [0.1, 0.15) is 25.0 Å². The molecule has 0 radical (unpaired) electrons. The van der Waals surface area contributed by atoms with Crippen LogP contribution in [0.25, 0.3) is 72.0 Å². The lowest BCUT2D eigenvalue weighted by atomic mass is 9.82. The first kappa shape index (κ1) is 34.8. The van der Waals surface area contributed by atoms with Gasteiger partial charge in [0.1, 0.15) is 0 Å². The lowest BCUT2D eigenvalue weighted by Crippen LogP contribution is -2.17. The highest BCUT2D eigenvalue weighted by atomic mass is 15.1. The zero-order chi connectivity index (χ0) is 39.5. The number of para-hydroxylation sites is 2. The molecule has 0 amide bonds. The van der Waals surface area contributed by atoms with Crippen molar-refractivity contribution < 1.29 is 0 Å². The van der Waals surface area contributed by atoms with Crippen LogP contribution in [0, 0.1) is 0 Å². The van der Waals surface area contributed by atoms with E-state index in [9.17, 15) is 0 Å². The summed E-state index contributed by atoms with van der Waals surface area (Å²) >= 11 is 0. The molecule has 1 heterocycles. The Labute approximate surface area is 345 Å². The summed E-state index contributed by atoms with van der Waals surface area (Å²) in [6, 6.07) is 79.9. The Morgan fingerprint density at radius 2 is 0.915 bits per heavy atom. The van der Waals surface area contributed by atoms with E-state index in [2.05, 4.69) is 242 Å². The van der Waals surface area contributed by atoms with Crippen molar-refractivity contribution in [1.29, 1.82) is 0 Å². The number of rotatable bonds is 7. The molecule has 2 heteroatoms. The van der Waals surface area contributed by atoms with Crippen molar-refractivity contribution in [3.8, 4) is 50.2 Å². The van der Waals surface area contributed by atoms with Gasteiger partial charge in [0.2, 0.25) is 0 Å². The molecule has 0 saturated heterocycles. The van der Waals surface area contributed by atoms with Gasteiger partial charge in [-0.2, -0.15) is 0 Å². The predicted molar refractivity (Wildman–Crippen MR) is 249 cm³/mol. The van der Waals surface area contributed by atoms with Gasteiger partial charge < -0.3 is 9.47 Å². The van der Waals surface area contributed by atoms with E-state index in [1.807, 2.05) is 0 Å². The van der Waals surface area contributed by atoms with Crippen LogP contribution in [-0.4, -0.2) is 4.57 Å². The second-order valence-electron chi connectivity index (χ2n) is 16.2. The summed E-state index contributed by atoms with van der Waals surface area (Å²) in [5, 5.41) is 2.51. The van der Waals surface area contributed by atoms with Gasteiger partial charge in [-0.1, -0.05) is 166 Å². The van der Waals surface area contributed by atoms with Crippen LogP contribution in [0.4, 0.5) is 17.1 Å². The van der Waals surface area contributed by atoms with Crippen molar-refractivity contribution in [2.45, 2.75) is 19.3 Å². The van der Waals surface area contributed by atoms with E-state index in [0.29, 0.717) is 0 Å². The minimum absolute atomic E-state index is 0.126. The zero-order valence-electron chi connectivity index (χ0n) is 33.2. The fourth-order valence-electron chi connectivity index (χ4n) is 9.46. The largest absolute Gasteiger partial charge is 0.310 e. The smallest absolute Gasteiger partial charge is 0.0541 e. The predicted octanol–water partition coefficient (Wildman–Crippen LogP) is 15.6. The van der Waals surface area contributed by atoms with Gasteiger partial charge in [-0.3, -0.25) is 0 Å². The Bertz CT molecular complexity index is 3160. The number of anilines is 3. The number of aromatic nitrogens is 1. The van der Waals surface area contributed by atoms with Gasteiger partial charge in [0.25, 0.3) is 0 Å². The molecule has 280 valence electrons. The number of hydrogen-bond donors (Lipinski definition) is 0. The van der Waals surface area contributed by atoms with Gasteiger partial charge in [-0.15, -0.1) is 0 Å². The fourth-order valence-corrected chi connectivity index (χ4v) is 9.46. The van der Waals surface area contributed by atoms with Crippen molar-refractivity contribution in [3.63, 3.8) is 0 Å². The van der Waals surface area contributed by atoms with Crippen LogP contribution in [0.15, 0.2) is 218 Å². The van der Waals surface area contributed by atoms with E-state index in [1.54, 1.807) is 0 Å². The minimum Gasteiger partial charge on any atom is -0.310 e. The third-order valence-corrected chi connectivity index (χ3v) is 12.4. The van der Waals surface area contributed by atoms with Crippen LogP contribution in [-0.2, 0) is 5.41 Å². The Kier molecular flexibility index (Phi) is 8.20. The highest BCUT2D eigenvalue weighted by molar-refractivity contribution is 6.10. The summed E-state index contributed by atoms with van der Waals surface area (Å²) in [6.45, 7) is 4.72. The third-order valence-electron chi connectivity index (χ3n) is 12.4.